The van der Waals surface area contributed by atoms with Gasteiger partial charge < -0.3 is 20.1 Å². The third-order valence-electron chi connectivity index (χ3n) is 5.59. The highest BCUT2D eigenvalue weighted by Gasteiger charge is 2.41. The van der Waals surface area contributed by atoms with Gasteiger partial charge in [0.1, 0.15) is 18.3 Å². The predicted molar refractivity (Wildman–Crippen MR) is 120 cm³/mol. The maximum atomic E-state index is 13.1. The van der Waals surface area contributed by atoms with E-state index in [0.717, 1.165) is 15.8 Å². The number of aliphatic hydroxyl groups excluding tert-OH is 3. The molecule has 0 aromatic heterocycles. The maximum Gasteiger partial charge on any atom is 0.397 e. The molecule has 1 amide bonds. The quantitative estimate of drug-likeness (QED) is 0.208. The monoisotopic (exact) mass is 499 g/mol. The number of ether oxygens (including phenoxy) is 1. The van der Waals surface area contributed by atoms with Crippen LogP contribution in [0.25, 0.3) is 10.8 Å². The second-order valence-corrected chi connectivity index (χ2v) is 9.14. The third kappa shape index (κ3) is 6.93. The van der Waals surface area contributed by atoms with Gasteiger partial charge >= 0.3 is 10.4 Å². The van der Waals surface area contributed by atoms with Gasteiger partial charge in [-0.15, -0.1) is 0 Å². The molecule has 0 radical (unpaired) electrons. The van der Waals surface area contributed by atoms with Crippen LogP contribution < -0.4 is 0 Å². The van der Waals surface area contributed by atoms with Crippen molar-refractivity contribution in [3.8, 4) is 0 Å². The summed E-state index contributed by atoms with van der Waals surface area (Å²) in [6.07, 6.45) is -4.72. The van der Waals surface area contributed by atoms with E-state index in [4.69, 9.17) is 14.1 Å². The molecule has 4 N–H and O–H groups in total. The number of amides is 1. The summed E-state index contributed by atoms with van der Waals surface area (Å²) in [7, 11) is -4.64. The Balaban J connectivity index is 1.66. The van der Waals surface area contributed by atoms with Gasteiger partial charge in [0.25, 0.3) is 5.91 Å². The molecule has 3 rings (SSSR count). The van der Waals surface area contributed by atoms with Gasteiger partial charge in [0.2, 0.25) is 0 Å². The van der Waals surface area contributed by atoms with Crippen molar-refractivity contribution in [1.29, 1.82) is 0 Å². The van der Waals surface area contributed by atoms with E-state index in [2.05, 4.69) is 4.18 Å². The van der Waals surface area contributed by atoms with Crippen molar-refractivity contribution in [2.45, 2.75) is 50.3 Å². The first-order valence-electron chi connectivity index (χ1n) is 10.8. The summed E-state index contributed by atoms with van der Waals surface area (Å²) in [6, 6.07) is 12.6. The van der Waals surface area contributed by atoms with Crippen LogP contribution in [0.4, 0.5) is 0 Å². The van der Waals surface area contributed by atoms with E-state index in [1.54, 1.807) is 25.1 Å². The Labute approximate surface area is 197 Å². The fraction of sp³-hybridized carbons (Fsp3) is 0.500. The van der Waals surface area contributed by atoms with Crippen molar-refractivity contribution in [3.63, 3.8) is 0 Å². The maximum absolute atomic E-state index is 13.1. The van der Waals surface area contributed by atoms with Gasteiger partial charge in [0, 0.05) is 12.1 Å². The lowest BCUT2D eigenvalue weighted by Crippen LogP contribution is -2.56. The van der Waals surface area contributed by atoms with E-state index in [1.165, 1.54) is 0 Å². The number of hydrogen-bond acceptors (Lipinski definition) is 9. The molecule has 1 fully saturated rings. The van der Waals surface area contributed by atoms with Gasteiger partial charge in [-0.05, 0) is 42.7 Å². The molecule has 1 aliphatic rings. The number of rotatable bonds is 10. The van der Waals surface area contributed by atoms with Crippen molar-refractivity contribution in [2.75, 3.05) is 19.8 Å². The zero-order chi connectivity index (χ0) is 24.9. The number of hydrogen-bond donors (Lipinski definition) is 4. The Morgan fingerprint density at radius 1 is 1.03 bits per heavy atom. The summed E-state index contributed by atoms with van der Waals surface area (Å²) in [5.41, 5.74) is 0.343. The lowest BCUT2D eigenvalue weighted by molar-refractivity contribution is -0.219. The van der Waals surface area contributed by atoms with Crippen LogP contribution in [0.1, 0.15) is 30.1 Å². The molecule has 0 spiro atoms. The topological polar surface area (TPSA) is 163 Å². The van der Waals surface area contributed by atoms with E-state index in [9.17, 15) is 28.5 Å². The van der Waals surface area contributed by atoms with Gasteiger partial charge in [-0.1, -0.05) is 30.3 Å². The average Bonchev–Trinajstić information content (AvgIpc) is 2.81. The lowest BCUT2D eigenvalue weighted by atomic mass is 9.93. The van der Waals surface area contributed by atoms with Crippen LogP contribution in [0.15, 0.2) is 42.5 Å². The first-order chi connectivity index (χ1) is 16.1. The Morgan fingerprint density at radius 2 is 1.74 bits per heavy atom. The highest BCUT2D eigenvalue weighted by molar-refractivity contribution is 7.80. The zero-order valence-electron chi connectivity index (χ0n) is 18.6. The molecule has 12 heteroatoms. The molecule has 2 aromatic rings. The third-order valence-corrected chi connectivity index (χ3v) is 6.05. The molecular weight excluding hydrogens is 470 g/mol. The van der Waals surface area contributed by atoms with Crippen LogP contribution in [0.5, 0.6) is 0 Å². The molecule has 34 heavy (non-hydrogen) atoms. The van der Waals surface area contributed by atoms with Gasteiger partial charge in [0.15, 0.2) is 0 Å². The molecule has 0 bridgehead atoms. The number of carbonyl (C=O) groups excluding carboxylic acids is 1. The Morgan fingerprint density at radius 3 is 2.44 bits per heavy atom. The highest BCUT2D eigenvalue weighted by atomic mass is 32.3. The summed E-state index contributed by atoms with van der Waals surface area (Å²) in [5, 5.41) is 32.8. The Kier molecular flexibility index (Phi) is 8.95. The number of aliphatic hydroxyl groups is 3. The molecule has 188 valence electrons. The van der Waals surface area contributed by atoms with E-state index >= 15 is 0 Å². The summed E-state index contributed by atoms with van der Waals surface area (Å²) in [4.78, 5) is 18.5. The number of benzene rings is 2. The van der Waals surface area contributed by atoms with Crippen LogP contribution in [-0.2, 0) is 24.2 Å². The minimum atomic E-state index is -4.64. The van der Waals surface area contributed by atoms with E-state index in [1.807, 2.05) is 24.3 Å². The number of fused-ring (bicyclic) bond motifs is 1. The van der Waals surface area contributed by atoms with Crippen LogP contribution in [0.2, 0.25) is 0 Å². The highest BCUT2D eigenvalue weighted by Crippen LogP contribution is 2.24. The summed E-state index contributed by atoms with van der Waals surface area (Å²) in [5.74, 6) is -0.480. The number of carbonyl (C=O) groups is 1. The zero-order valence-corrected chi connectivity index (χ0v) is 19.4. The lowest BCUT2D eigenvalue weighted by Gasteiger charge is -2.39. The fourth-order valence-corrected chi connectivity index (χ4v) is 4.07. The van der Waals surface area contributed by atoms with Crippen LogP contribution >= 0.6 is 0 Å². The molecule has 0 unspecified atom stereocenters. The molecule has 0 saturated carbocycles. The van der Waals surface area contributed by atoms with E-state index < -0.39 is 53.4 Å². The smallest absolute Gasteiger partial charge is 0.388 e. The minimum absolute atomic E-state index is 0.0527. The van der Waals surface area contributed by atoms with Gasteiger partial charge in [-0.25, -0.2) is 9.25 Å². The van der Waals surface area contributed by atoms with Crippen LogP contribution in [-0.4, -0.2) is 89.5 Å². The van der Waals surface area contributed by atoms with Crippen molar-refractivity contribution >= 4 is 27.1 Å². The van der Waals surface area contributed by atoms with Crippen LogP contribution in [0, 0.1) is 0 Å². The van der Waals surface area contributed by atoms with E-state index in [-0.39, 0.29) is 19.6 Å². The van der Waals surface area contributed by atoms with Crippen LogP contribution in [0.3, 0.4) is 0 Å². The SMILES string of the molecule is C[C@@H]1O[C@@H](CCCN(OCCOS(=O)(=O)O)C(=O)c2ccc3ccccc3c2)[C@@H](O)[C@H](O)[C@@H]1O. The summed E-state index contributed by atoms with van der Waals surface area (Å²) >= 11 is 0. The minimum Gasteiger partial charge on any atom is -0.388 e. The predicted octanol–water partition coefficient (Wildman–Crippen LogP) is 0.683. The van der Waals surface area contributed by atoms with Gasteiger partial charge in [-0.3, -0.25) is 14.2 Å². The fourth-order valence-electron chi connectivity index (χ4n) is 3.79. The van der Waals surface area contributed by atoms with Gasteiger partial charge in [-0.2, -0.15) is 8.42 Å². The van der Waals surface area contributed by atoms with Crippen molar-refractivity contribution in [2.24, 2.45) is 0 Å². The molecule has 1 saturated heterocycles. The second kappa shape index (κ2) is 11.5. The van der Waals surface area contributed by atoms with Gasteiger partial charge in [0.05, 0.1) is 25.4 Å². The van der Waals surface area contributed by atoms with Crippen molar-refractivity contribution < 1.29 is 46.8 Å². The Hall–Kier alpha value is -2.16. The largest absolute Gasteiger partial charge is 0.397 e. The normalized spacial score (nSPS) is 25.4. The Bertz CT molecular complexity index is 1080. The molecule has 0 aliphatic carbocycles. The van der Waals surface area contributed by atoms with E-state index in [0.29, 0.717) is 12.0 Å². The average molecular weight is 500 g/mol. The standard InChI is InChI=1S/C22H29NO10S/c1-14-19(24)21(26)20(25)18(33-14)7-4-10-23(31-11-12-32-34(28,29)30)22(27)17-9-8-15-5-2-3-6-16(15)13-17/h2-3,5-6,8-9,13-14,18-21,24-26H,4,7,10-12H2,1H3,(H,28,29,30)/t14-,18-,19+,20+,21+/m0/s1. The second-order valence-electron chi connectivity index (χ2n) is 8.05. The summed E-state index contributed by atoms with van der Waals surface area (Å²) in [6.45, 7) is 0.799. The summed E-state index contributed by atoms with van der Waals surface area (Å²) < 4.78 is 39.9. The first kappa shape index (κ1) is 26.4. The molecule has 5 atom stereocenters. The molecule has 11 nitrogen and oxygen atoms in total. The first-order valence-corrected chi connectivity index (χ1v) is 12.2. The number of hydroxylamine groups is 2. The van der Waals surface area contributed by atoms with Crippen molar-refractivity contribution in [3.05, 3.63) is 48.0 Å². The molecule has 2 aromatic carbocycles. The molecule has 1 aliphatic heterocycles. The molecular formula is C22H29NO10S. The number of nitrogens with zero attached hydrogens (tertiary/aromatic N) is 1. The van der Waals surface area contributed by atoms with Crippen molar-refractivity contribution in [1.82, 2.24) is 5.06 Å². The molecule has 1 heterocycles.